The second-order valence-corrected chi connectivity index (χ2v) is 3.93. The molecule has 0 aliphatic carbocycles. The normalized spacial score (nSPS) is 10.6. The molecule has 0 unspecified atom stereocenters. The van der Waals surface area contributed by atoms with Gasteiger partial charge in [-0.05, 0) is 18.1 Å². The Kier molecular flexibility index (Phi) is 3.77. The van der Waals surface area contributed by atoms with Gasteiger partial charge in [-0.1, -0.05) is 18.2 Å². The van der Waals surface area contributed by atoms with Crippen LogP contribution in [0.5, 0.6) is 0 Å². The molecule has 0 aliphatic rings. The number of fused-ring (bicyclic) bond motifs is 1. The average Bonchev–Trinajstić information content (AvgIpc) is 2.77. The second kappa shape index (κ2) is 5.50. The van der Waals surface area contributed by atoms with Crippen molar-refractivity contribution < 1.29 is 9.90 Å². The van der Waals surface area contributed by atoms with Gasteiger partial charge in [-0.3, -0.25) is 4.79 Å². The third-order valence-corrected chi connectivity index (χ3v) is 2.73. The number of carbonyl (C=O) groups excluding carboxylic acids is 1. The first kappa shape index (κ1) is 11.7. The third kappa shape index (κ3) is 2.85. The molecule has 1 aromatic carbocycles. The highest BCUT2D eigenvalue weighted by Gasteiger charge is 2.05. The van der Waals surface area contributed by atoms with Crippen molar-refractivity contribution in [2.24, 2.45) is 0 Å². The van der Waals surface area contributed by atoms with Crippen molar-refractivity contribution in [2.45, 2.75) is 12.8 Å². The molecule has 0 bridgehead atoms. The van der Waals surface area contributed by atoms with E-state index >= 15 is 0 Å². The van der Waals surface area contributed by atoms with Crippen LogP contribution in [-0.4, -0.2) is 29.1 Å². The molecular weight excluding hydrogens is 216 g/mol. The Labute approximate surface area is 99.7 Å². The SMILES string of the molecule is O=C(CCc1c[nH]c2ccccc12)NCCO. The molecule has 0 fully saturated rings. The number of benzene rings is 1. The standard InChI is InChI=1S/C13H16N2O2/c16-8-7-14-13(17)6-5-10-9-15-12-4-2-1-3-11(10)12/h1-4,9,15-16H,5-8H2,(H,14,17). The van der Waals surface area contributed by atoms with Crippen molar-refractivity contribution in [2.75, 3.05) is 13.2 Å². The Bertz CT molecular complexity index is 505. The van der Waals surface area contributed by atoms with Gasteiger partial charge in [0.25, 0.3) is 0 Å². The number of hydrogen-bond acceptors (Lipinski definition) is 2. The predicted molar refractivity (Wildman–Crippen MR) is 66.7 cm³/mol. The number of rotatable bonds is 5. The molecule has 0 saturated heterocycles. The lowest BCUT2D eigenvalue weighted by molar-refractivity contribution is -0.121. The first-order valence-electron chi connectivity index (χ1n) is 5.74. The molecule has 90 valence electrons. The minimum Gasteiger partial charge on any atom is -0.395 e. The molecule has 1 heterocycles. The van der Waals surface area contributed by atoms with E-state index in [0.717, 1.165) is 11.1 Å². The van der Waals surface area contributed by atoms with Gasteiger partial charge in [0.05, 0.1) is 6.61 Å². The van der Waals surface area contributed by atoms with Gasteiger partial charge in [0, 0.05) is 30.1 Å². The summed E-state index contributed by atoms with van der Waals surface area (Å²) >= 11 is 0. The van der Waals surface area contributed by atoms with Crippen LogP contribution in [0.1, 0.15) is 12.0 Å². The maximum Gasteiger partial charge on any atom is 0.220 e. The van der Waals surface area contributed by atoms with Crippen molar-refractivity contribution in [3.05, 3.63) is 36.0 Å². The summed E-state index contributed by atoms with van der Waals surface area (Å²) in [6, 6.07) is 8.04. The summed E-state index contributed by atoms with van der Waals surface area (Å²) in [5.41, 5.74) is 2.25. The molecule has 4 nitrogen and oxygen atoms in total. The van der Waals surface area contributed by atoms with Crippen LogP contribution < -0.4 is 5.32 Å². The summed E-state index contributed by atoms with van der Waals surface area (Å²) in [4.78, 5) is 14.6. The zero-order valence-electron chi connectivity index (χ0n) is 9.57. The molecule has 1 aromatic heterocycles. The highest BCUT2D eigenvalue weighted by Crippen LogP contribution is 2.18. The van der Waals surface area contributed by atoms with Crippen LogP contribution >= 0.6 is 0 Å². The van der Waals surface area contributed by atoms with E-state index in [4.69, 9.17) is 5.11 Å². The monoisotopic (exact) mass is 232 g/mol. The first-order chi connectivity index (χ1) is 8.31. The molecule has 4 heteroatoms. The van der Waals surface area contributed by atoms with Gasteiger partial charge in [0.1, 0.15) is 0 Å². The topological polar surface area (TPSA) is 65.1 Å². The van der Waals surface area contributed by atoms with Gasteiger partial charge < -0.3 is 15.4 Å². The largest absolute Gasteiger partial charge is 0.395 e. The minimum absolute atomic E-state index is 0.0151. The Morgan fingerprint density at radius 2 is 2.18 bits per heavy atom. The Morgan fingerprint density at radius 1 is 1.35 bits per heavy atom. The summed E-state index contributed by atoms with van der Waals surface area (Å²) < 4.78 is 0. The van der Waals surface area contributed by atoms with E-state index in [-0.39, 0.29) is 12.5 Å². The number of H-pyrrole nitrogens is 1. The average molecular weight is 232 g/mol. The first-order valence-corrected chi connectivity index (χ1v) is 5.74. The van der Waals surface area contributed by atoms with Crippen molar-refractivity contribution in [1.29, 1.82) is 0 Å². The molecule has 17 heavy (non-hydrogen) atoms. The number of aromatic nitrogens is 1. The van der Waals surface area contributed by atoms with Crippen LogP contribution in [0.2, 0.25) is 0 Å². The summed E-state index contributed by atoms with van der Waals surface area (Å²) in [5, 5.41) is 12.4. The molecule has 1 amide bonds. The van der Waals surface area contributed by atoms with Crippen LogP contribution in [0.15, 0.2) is 30.5 Å². The van der Waals surface area contributed by atoms with Gasteiger partial charge in [0.15, 0.2) is 0 Å². The van der Waals surface area contributed by atoms with Crippen molar-refractivity contribution in [1.82, 2.24) is 10.3 Å². The van der Waals surface area contributed by atoms with Crippen LogP contribution in [-0.2, 0) is 11.2 Å². The van der Waals surface area contributed by atoms with E-state index in [1.165, 1.54) is 5.39 Å². The quantitative estimate of drug-likeness (QED) is 0.725. The van der Waals surface area contributed by atoms with Gasteiger partial charge in [-0.2, -0.15) is 0 Å². The highest BCUT2D eigenvalue weighted by molar-refractivity contribution is 5.84. The van der Waals surface area contributed by atoms with E-state index in [9.17, 15) is 4.79 Å². The lowest BCUT2D eigenvalue weighted by atomic mass is 10.1. The van der Waals surface area contributed by atoms with E-state index < -0.39 is 0 Å². The molecule has 3 N–H and O–H groups in total. The number of nitrogens with one attached hydrogen (secondary N) is 2. The van der Waals surface area contributed by atoms with E-state index in [2.05, 4.69) is 10.3 Å². The molecule has 0 saturated carbocycles. The number of aliphatic hydroxyl groups is 1. The predicted octanol–water partition coefficient (Wildman–Crippen LogP) is 1.21. The molecule has 2 aromatic rings. The fourth-order valence-electron chi connectivity index (χ4n) is 1.87. The van der Waals surface area contributed by atoms with Gasteiger partial charge >= 0.3 is 0 Å². The fraction of sp³-hybridized carbons (Fsp3) is 0.308. The van der Waals surface area contributed by atoms with E-state index in [0.29, 0.717) is 19.4 Å². The summed E-state index contributed by atoms with van der Waals surface area (Å²) in [5.74, 6) is -0.0238. The maximum absolute atomic E-state index is 11.4. The smallest absolute Gasteiger partial charge is 0.220 e. The van der Waals surface area contributed by atoms with Crippen LogP contribution in [0.4, 0.5) is 0 Å². The zero-order chi connectivity index (χ0) is 12.1. The van der Waals surface area contributed by atoms with E-state index in [1.807, 2.05) is 30.5 Å². The number of aliphatic hydroxyl groups excluding tert-OH is 1. The molecule has 0 spiro atoms. The molecule has 2 rings (SSSR count). The Morgan fingerprint density at radius 3 is 3.00 bits per heavy atom. The van der Waals surface area contributed by atoms with Crippen molar-refractivity contribution in [3.8, 4) is 0 Å². The van der Waals surface area contributed by atoms with Gasteiger partial charge in [-0.25, -0.2) is 0 Å². The number of amides is 1. The van der Waals surface area contributed by atoms with Crippen LogP contribution in [0.3, 0.4) is 0 Å². The van der Waals surface area contributed by atoms with E-state index in [1.54, 1.807) is 0 Å². The van der Waals surface area contributed by atoms with Crippen LogP contribution in [0, 0.1) is 0 Å². The lowest BCUT2D eigenvalue weighted by Gasteiger charge is -2.02. The summed E-state index contributed by atoms with van der Waals surface area (Å²) in [6.07, 6.45) is 3.10. The molecular formula is C13H16N2O2. The number of aromatic amines is 1. The third-order valence-electron chi connectivity index (χ3n) is 2.73. The van der Waals surface area contributed by atoms with Gasteiger partial charge in [-0.15, -0.1) is 0 Å². The number of para-hydroxylation sites is 1. The van der Waals surface area contributed by atoms with Gasteiger partial charge in [0.2, 0.25) is 5.91 Å². The molecule has 0 radical (unpaired) electrons. The zero-order valence-corrected chi connectivity index (χ0v) is 9.57. The summed E-state index contributed by atoms with van der Waals surface area (Å²) in [7, 11) is 0. The minimum atomic E-state index is -0.0238. The lowest BCUT2D eigenvalue weighted by Crippen LogP contribution is -2.26. The van der Waals surface area contributed by atoms with Crippen LogP contribution in [0.25, 0.3) is 10.9 Å². The number of hydrogen-bond donors (Lipinski definition) is 3. The Hall–Kier alpha value is -1.81. The van der Waals surface area contributed by atoms with Crippen molar-refractivity contribution >= 4 is 16.8 Å². The second-order valence-electron chi connectivity index (χ2n) is 3.93. The highest BCUT2D eigenvalue weighted by atomic mass is 16.3. The fourth-order valence-corrected chi connectivity index (χ4v) is 1.87. The Balaban J connectivity index is 1.97. The number of aryl methyl sites for hydroxylation is 1. The van der Waals surface area contributed by atoms with Crippen molar-refractivity contribution in [3.63, 3.8) is 0 Å². The molecule has 0 aliphatic heterocycles. The summed E-state index contributed by atoms with van der Waals surface area (Å²) in [6.45, 7) is 0.311. The maximum atomic E-state index is 11.4. The molecule has 0 atom stereocenters. The number of carbonyl (C=O) groups is 1.